The lowest BCUT2D eigenvalue weighted by Gasteiger charge is -2.07. The summed E-state index contributed by atoms with van der Waals surface area (Å²) in [6.45, 7) is -0.183. The molecule has 0 saturated heterocycles. The number of benzene rings is 2. The zero-order chi connectivity index (χ0) is 17.1. The van der Waals surface area contributed by atoms with Gasteiger partial charge in [0, 0.05) is 15.1 Å². The van der Waals surface area contributed by atoms with Gasteiger partial charge in [0.1, 0.15) is 0 Å². The molecule has 0 unspecified atom stereocenters. The number of thiophene rings is 1. The average molecular weight is 340 g/mol. The van der Waals surface area contributed by atoms with Crippen LogP contribution in [0.2, 0.25) is 0 Å². The highest BCUT2D eigenvalue weighted by atomic mass is 32.1. The third-order valence-corrected chi connectivity index (χ3v) is 4.78. The van der Waals surface area contributed by atoms with Crippen molar-refractivity contribution in [1.82, 2.24) is 5.32 Å². The smallest absolute Gasteiger partial charge is 0.251 e. The first-order valence-corrected chi connectivity index (χ1v) is 8.19. The number of rotatable bonds is 5. The zero-order valence-electron chi connectivity index (χ0n) is 12.8. The molecule has 0 radical (unpaired) electrons. The van der Waals surface area contributed by atoms with Crippen LogP contribution in [0.5, 0.6) is 0 Å². The van der Waals surface area contributed by atoms with Crippen LogP contribution in [0.25, 0.3) is 21.2 Å². The summed E-state index contributed by atoms with van der Waals surface area (Å²) in [5, 5.41) is 12.9. The van der Waals surface area contributed by atoms with Crippen molar-refractivity contribution in [2.24, 2.45) is 5.73 Å². The third-order valence-electron chi connectivity index (χ3n) is 3.61. The number of fused-ring (bicyclic) bond motifs is 1. The minimum atomic E-state index is -0.584. The van der Waals surface area contributed by atoms with E-state index in [1.165, 1.54) is 11.3 Å². The van der Waals surface area contributed by atoms with E-state index in [-0.39, 0.29) is 19.1 Å². The van der Waals surface area contributed by atoms with Gasteiger partial charge in [0.25, 0.3) is 5.91 Å². The molecule has 3 rings (SSSR count). The highest BCUT2D eigenvalue weighted by molar-refractivity contribution is 7.19. The first-order valence-electron chi connectivity index (χ1n) is 7.37. The van der Waals surface area contributed by atoms with Crippen LogP contribution in [0.15, 0.2) is 48.5 Å². The van der Waals surface area contributed by atoms with Gasteiger partial charge >= 0.3 is 0 Å². The number of aliphatic hydroxyl groups excluding tert-OH is 1. The lowest BCUT2D eigenvalue weighted by atomic mass is 10.0. The maximum atomic E-state index is 12.1. The standard InChI is InChI=1S/C18H16N2O3S/c19-16(22)9-20-18(23)13-5-1-3-11(7-13)15-6-2-4-12-8-14(10-21)24-17(12)15/h1-8,21H,9-10H2,(H2,19,22)(H,20,23). The van der Waals surface area contributed by atoms with Gasteiger partial charge in [-0.25, -0.2) is 0 Å². The predicted octanol–water partition coefficient (Wildman–Crippen LogP) is 2.28. The molecule has 0 saturated carbocycles. The summed E-state index contributed by atoms with van der Waals surface area (Å²) < 4.78 is 1.07. The van der Waals surface area contributed by atoms with Crippen LogP contribution in [0.4, 0.5) is 0 Å². The molecule has 0 fully saturated rings. The fraction of sp³-hybridized carbons (Fsp3) is 0.111. The normalized spacial score (nSPS) is 10.7. The number of primary amides is 1. The number of aliphatic hydroxyl groups is 1. The largest absolute Gasteiger partial charge is 0.391 e. The van der Waals surface area contributed by atoms with E-state index in [4.69, 9.17) is 5.73 Å². The van der Waals surface area contributed by atoms with Crippen LogP contribution >= 0.6 is 11.3 Å². The number of nitrogens with two attached hydrogens (primary N) is 1. The Morgan fingerprint density at radius 1 is 1.12 bits per heavy atom. The van der Waals surface area contributed by atoms with E-state index < -0.39 is 5.91 Å². The van der Waals surface area contributed by atoms with Crippen LogP contribution in [0, 0.1) is 0 Å². The van der Waals surface area contributed by atoms with Crippen LogP contribution in [0.1, 0.15) is 15.2 Å². The molecule has 0 aliphatic carbocycles. The van der Waals surface area contributed by atoms with Crippen molar-refractivity contribution >= 4 is 33.2 Å². The van der Waals surface area contributed by atoms with Gasteiger partial charge < -0.3 is 16.2 Å². The number of amides is 2. The number of hydrogen-bond donors (Lipinski definition) is 3. The van der Waals surface area contributed by atoms with Gasteiger partial charge in [-0.05, 0) is 34.7 Å². The van der Waals surface area contributed by atoms with Crippen LogP contribution in [-0.4, -0.2) is 23.5 Å². The van der Waals surface area contributed by atoms with Crippen molar-refractivity contribution < 1.29 is 14.7 Å². The molecule has 2 aromatic carbocycles. The zero-order valence-corrected chi connectivity index (χ0v) is 13.6. The monoisotopic (exact) mass is 340 g/mol. The summed E-state index contributed by atoms with van der Waals surface area (Å²) in [5.41, 5.74) is 7.41. The minimum Gasteiger partial charge on any atom is -0.391 e. The lowest BCUT2D eigenvalue weighted by Crippen LogP contribution is -2.33. The maximum Gasteiger partial charge on any atom is 0.251 e. The van der Waals surface area contributed by atoms with Crippen molar-refractivity contribution in [1.29, 1.82) is 0 Å². The Bertz CT molecular complexity index is 918. The second-order valence-electron chi connectivity index (χ2n) is 5.32. The topological polar surface area (TPSA) is 92.4 Å². The molecular weight excluding hydrogens is 324 g/mol. The summed E-state index contributed by atoms with van der Waals surface area (Å²) in [6, 6.07) is 15.1. The molecular formula is C18H16N2O3S. The van der Waals surface area contributed by atoms with Crippen LogP contribution in [0.3, 0.4) is 0 Å². The number of carbonyl (C=O) groups excluding carboxylic acids is 2. The van der Waals surface area contributed by atoms with Gasteiger partial charge in [-0.2, -0.15) is 0 Å². The molecule has 2 amide bonds. The average Bonchev–Trinajstić information content (AvgIpc) is 3.03. The highest BCUT2D eigenvalue weighted by Crippen LogP contribution is 2.35. The number of nitrogens with one attached hydrogen (secondary N) is 1. The summed E-state index contributed by atoms with van der Waals surface area (Å²) in [4.78, 5) is 23.8. The fourth-order valence-electron chi connectivity index (χ4n) is 2.52. The van der Waals surface area contributed by atoms with Crippen LogP contribution < -0.4 is 11.1 Å². The van der Waals surface area contributed by atoms with Gasteiger partial charge in [-0.3, -0.25) is 9.59 Å². The summed E-state index contributed by atoms with van der Waals surface area (Å²) in [5.74, 6) is -0.926. The first-order chi connectivity index (χ1) is 11.6. The van der Waals surface area contributed by atoms with Gasteiger partial charge in [-0.1, -0.05) is 30.3 Å². The summed E-state index contributed by atoms with van der Waals surface area (Å²) in [7, 11) is 0. The van der Waals surface area contributed by atoms with E-state index in [0.29, 0.717) is 5.56 Å². The molecule has 0 aliphatic heterocycles. The number of carbonyl (C=O) groups is 2. The van der Waals surface area contributed by atoms with Gasteiger partial charge in [0.2, 0.25) is 5.91 Å². The van der Waals surface area contributed by atoms with E-state index in [0.717, 1.165) is 26.1 Å². The van der Waals surface area contributed by atoms with Gasteiger partial charge in [0.15, 0.2) is 0 Å². The highest BCUT2D eigenvalue weighted by Gasteiger charge is 2.11. The Kier molecular flexibility index (Phi) is 4.59. The van der Waals surface area contributed by atoms with Crippen molar-refractivity contribution in [3.05, 3.63) is 59.0 Å². The molecule has 122 valence electrons. The Balaban J connectivity index is 1.98. The molecule has 0 spiro atoms. The molecule has 0 bridgehead atoms. The summed E-state index contributed by atoms with van der Waals surface area (Å²) >= 11 is 1.54. The SMILES string of the molecule is NC(=O)CNC(=O)c1cccc(-c2cccc3cc(CO)sc23)c1. The summed E-state index contributed by atoms with van der Waals surface area (Å²) in [6.07, 6.45) is 0. The Morgan fingerprint density at radius 2 is 1.92 bits per heavy atom. The van der Waals surface area contributed by atoms with Crippen LogP contribution in [-0.2, 0) is 11.4 Å². The van der Waals surface area contributed by atoms with E-state index in [9.17, 15) is 14.7 Å². The molecule has 5 nitrogen and oxygen atoms in total. The Hall–Kier alpha value is -2.70. The molecule has 3 aromatic rings. The van der Waals surface area contributed by atoms with E-state index in [2.05, 4.69) is 5.32 Å². The third kappa shape index (κ3) is 3.29. The van der Waals surface area contributed by atoms with Crippen molar-refractivity contribution in [3.63, 3.8) is 0 Å². The Labute approximate surface area is 142 Å². The predicted molar refractivity (Wildman–Crippen MR) is 94.7 cm³/mol. The molecule has 4 N–H and O–H groups in total. The first kappa shape index (κ1) is 16.2. The van der Waals surface area contributed by atoms with Crippen molar-refractivity contribution in [3.8, 4) is 11.1 Å². The van der Waals surface area contributed by atoms with E-state index >= 15 is 0 Å². The van der Waals surface area contributed by atoms with E-state index in [1.54, 1.807) is 18.2 Å². The molecule has 6 heteroatoms. The van der Waals surface area contributed by atoms with Crippen molar-refractivity contribution in [2.75, 3.05) is 6.54 Å². The second-order valence-corrected chi connectivity index (χ2v) is 6.46. The van der Waals surface area contributed by atoms with Gasteiger partial charge in [0.05, 0.1) is 13.2 Å². The minimum absolute atomic E-state index is 0.00828. The second kappa shape index (κ2) is 6.82. The fourth-order valence-corrected chi connectivity index (χ4v) is 3.57. The molecule has 1 aromatic heterocycles. The number of hydrogen-bond acceptors (Lipinski definition) is 4. The molecule has 24 heavy (non-hydrogen) atoms. The molecule has 0 atom stereocenters. The maximum absolute atomic E-state index is 12.1. The molecule has 1 heterocycles. The quantitative estimate of drug-likeness (QED) is 0.665. The van der Waals surface area contributed by atoms with E-state index in [1.807, 2.05) is 30.3 Å². The Morgan fingerprint density at radius 3 is 2.67 bits per heavy atom. The molecule has 0 aliphatic rings. The van der Waals surface area contributed by atoms with Gasteiger partial charge in [-0.15, -0.1) is 11.3 Å². The van der Waals surface area contributed by atoms with Crippen molar-refractivity contribution in [2.45, 2.75) is 6.61 Å². The lowest BCUT2D eigenvalue weighted by molar-refractivity contribution is -0.117.